The molecule has 0 aliphatic heterocycles. The highest BCUT2D eigenvalue weighted by Crippen LogP contribution is 2.23. The summed E-state index contributed by atoms with van der Waals surface area (Å²) >= 11 is 0. The molecular weight excluding hydrogens is 218 g/mol. The number of aromatic nitrogens is 1. The summed E-state index contributed by atoms with van der Waals surface area (Å²) in [5.74, 6) is 0.223. The summed E-state index contributed by atoms with van der Waals surface area (Å²) in [7, 11) is 0. The second-order valence-electron chi connectivity index (χ2n) is 3.60. The monoisotopic (exact) mass is 237 g/mol. The highest BCUT2D eigenvalue weighted by molar-refractivity contribution is 5.78. The normalized spacial score (nSPS) is 11.9. The lowest BCUT2D eigenvalue weighted by Crippen LogP contribution is -2.15. The third kappa shape index (κ3) is 3.73. The van der Waals surface area contributed by atoms with Crippen molar-refractivity contribution < 1.29 is 14.3 Å². The van der Waals surface area contributed by atoms with E-state index in [1.807, 2.05) is 19.9 Å². The number of pyridine rings is 1. The molecule has 0 saturated heterocycles. The quantitative estimate of drug-likeness (QED) is 0.713. The minimum atomic E-state index is -0.261. The van der Waals surface area contributed by atoms with Gasteiger partial charge >= 0.3 is 5.97 Å². The first-order valence-electron chi connectivity index (χ1n) is 5.97. The van der Waals surface area contributed by atoms with Crippen LogP contribution >= 0.6 is 0 Å². The van der Waals surface area contributed by atoms with Crippen LogP contribution in [0.15, 0.2) is 18.5 Å². The molecule has 4 nitrogen and oxygen atoms in total. The van der Waals surface area contributed by atoms with E-state index in [1.54, 1.807) is 19.3 Å². The predicted molar refractivity (Wildman–Crippen MR) is 65.1 cm³/mol. The first-order chi connectivity index (χ1) is 8.22. The summed E-state index contributed by atoms with van der Waals surface area (Å²) in [5.41, 5.74) is 0.844. The Balaban J connectivity index is 2.87. The van der Waals surface area contributed by atoms with Crippen LogP contribution in [0.1, 0.15) is 38.7 Å². The van der Waals surface area contributed by atoms with Crippen LogP contribution in [0.2, 0.25) is 0 Å². The molecule has 1 rings (SSSR count). The number of carbonyl (C=O) groups is 1. The molecule has 0 aliphatic carbocycles. The molecule has 0 N–H and O–H groups in total. The molecule has 0 fully saturated rings. The average molecular weight is 237 g/mol. The van der Waals surface area contributed by atoms with Gasteiger partial charge in [0.15, 0.2) is 0 Å². The Morgan fingerprint density at radius 2 is 2.06 bits per heavy atom. The molecule has 0 bridgehead atoms. The lowest BCUT2D eigenvalue weighted by molar-refractivity contribution is -0.145. The molecular formula is C13H19NO3. The molecule has 4 heteroatoms. The van der Waals surface area contributed by atoms with Crippen molar-refractivity contribution in [3.63, 3.8) is 0 Å². The van der Waals surface area contributed by atoms with Gasteiger partial charge in [-0.2, -0.15) is 0 Å². The average Bonchev–Trinajstić information content (AvgIpc) is 2.31. The summed E-state index contributed by atoms with van der Waals surface area (Å²) in [6, 6.07) is 1.85. The number of nitrogens with zero attached hydrogens (tertiary/aromatic N) is 1. The first kappa shape index (κ1) is 13.5. The maximum Gasteiger partial charge on any atom is 0.313 e. The number of esters is 1. The van der Waals surface area contributed by atoms with E-state index >= 15 is 0 Å². The Labute approximate surface area is 102 Å². The highest BCUT2D eigenvalue weighted by Gasteiger charge is 2.20. The molecule has 0 aliphatic rings. The smallest absolute Gasteiger partial charge is 0.313 e. The molecule has 1 aromatic heterocycles. The van der Waals surface area contributed by atoms with Crippen LogP contribution in [0.5, 0.6) is 5.75 Å². The lowest BCUT2D eigenvalue weighted by atomic mass is 9.98. The Morgan fingerprint density at radius 3 is 2.65 bits per heavy atom. The fourth-order valence-corrected chi connectivity index (χ4v) is 1.65. The molecule has 94 valence electrons. The number of hydrogen-bond donors (Lipinski definition) is 0. The Hall–Kier alpha value is -1.58. The zero-order chi connectivity index (χ0) is 12.7. The molecule has 0 saturated carbocycles. The van der Waals surface area contributed by atoms with Gasteiger partial charge in [-0.25, -0.2) is 0 Å². The second-order valence-corrected chi connectivity index (χ2v) is 3.60. The van der Waals surface area contributed by atoms with Gasteiger partial charge < -0.3 is 9.47 Å². The highest BCUT2D eigenvalue weighted by atomic mass is 16.5. The van der Waals surface area contributed by atoms with E-state index in [-0.39, 0.29) is 11.9 Å². The van der Waals surface area contributed by atoms with Crippen LogP contribution in [-0.2, 0) is 9.53 Å². The van der Waals surface area contributed by atoms with Crippen molar-refractivity contribution in [1.82, 2.24) is 4.98 Å². The van der Waals surface area contributed by atoms with Crippen molar-refractivity contribution in [3.05, 3.63) is 24.0 Å². The summed E-state index contributed by atoms with van der Waals surface area (Å²) < 4.78 is 10.4. The van der Waals surface area contributed by atoms with Crippen LogP contribution in [-0.4, -0.2) is 24.2 Å². The Bertz CT molecular complexity index is 365. The number of hydrogen-bond acceptors (Lipinski definition) is 4. The van der Waals surface area contributed by atoms with Crippen molar-refractivity contribution in [1.29, 1.82) is 0 Å². The predicted octanol–water partition coefficient (Wildman–Crippen LogP) is 2.54. The van der Waals surface area contributed by atoms with Gasteiger partial charge in [0.05, 0.1) is 25.3 Å². The van der Waals surface area contributed by atoms with Gasteiger partial charge in [-0.05, 0) is 31.9 Å². The standard InChI is InChI=1S/C13H19NO3/c1-4-12(13(15)17-6-3)10-7-11(16-5-2)9-14-8-10/h7-9,12H,4-6H2,1-3H3. The fourth-order valence-electron chi connectivity index (χ4n) is 1.65. The molecule has 1 unspecified atom stereocenters. The van der Waals surface area contributed by atoms with Crippen LogP contribution in [0, 0.1) is 0 Å². The van der Waals surface area contributed by atoms with Crippen LogP contribution in [0.3, 0.4) is 0 Å². The van der Waals surface area contributed by atoms with Gasteiger partial charge in [-0.1, -0.05) is 6.92 Å². The topological polar surface area (TPSA) is 48.4 Å². The number of ether oxygens (including phenoxy) is 2. The third-order valence-corrected chi connectivity index (χ3v) is 2.43. The summed E-state index contributed by atoms with van der Waals surface area (Å²) in [5, 5.41) is 0. The zero-order valence-corrected chi connectivity index (χ0v) is 10.6. The van der Waals surface area contributed by atoms with Gasteiger partial charge in [0.25, 0.3) is 0 Å². The fraction of sp³-hybridized carbons (Fsp3) is 0.538. The Morgan fingerprint density at radius 1 is 1.29 bits per heavy atom. The molecule has 17 heavy (non-hydrogen) atoms. The van der Waals surface area contributed by atoms with E-state index in [4.69, 9.17) is 9.47 Å². The van der Waals surface area contributed by atoms with E-state index < -0.39 is 0 Å². The number of carbonyl (C=O) groups excluding carboxylic acids is 1. The Kier molecular flexibility index (Phi) is 5.46. The molecule has 1 heterocycles. The minimum absolute atomic E-state index is 0.203. The van der Waals surface area contributed by atoms with Crippen LogP contribution < -0.4 is 4.74 Å². The lowest BCUT2D eigenvalue weighted by Gasteiger charge is -2.14. The van der Waals surface area contributed by atoms with Gasteiger partial charge in [-0.15, -0.1) is 0 Å². The van der Waals surface area contributed by atoms with Crippen LogP contribution in [0.25, 0.3) is 0 Å². The van der Waals surface area contributed by atoms with Crippen molar-refractivity contribution in [3.8, 4) is 5.75 Å². The third-order valence-electron chi connectivity index (χ3n) is 2.43. The van der Waals surface area contributed by atoms with Gasteiger partial charge in [0.2, 0.25) is 0 Å². The molecule has 0 amide bonds. The van der Waals surface area contributed by atoms with E-state index in [2.05, 4.69) is 4.98 Å². The second kappa shape index (κ2) is 6.89. The molecule has 0 spiro atoms. The summed E-state index contributed by atoms with van der Waals surface area (Å²) in [4.78, 5) is 15.8. The largest absolute Gasteiger partial charge is 0.492 e. The summed E-state index contributed by atoms with van der Waals surface area (Å²) in [6.07, 6.45) is 4.02. The van der Waals surface area contributed by atoms with E-state index in [0.717, 1.165) is 5.56 Å². The molecule has 0 aromatic carbocycles. The molecule has 1 atom stereocenters. The maximum absolute atomic E-state index is 11.8. The van der Waals surface area contributed by atoms with E-state index in [0.29, 0.717) is 25.4 Å². The van der Waals surface area contributed by atoms with Crippen molar-refractivity contribution in [2.75, 3.05) is 13.2 Å². The van der Waals surface area contributed by atoms with E-state index in [1.165, 1.54) is 0 Å². The van der Waals surface area contributed by atoms with Gasteiger partial charge in [0.1, 0.15) is 5.75 Å². The van der Waals surface area contributed by atoms with Crippen molar-refractivity contribution >= 4 is 5.97 Å². The number of rotatable bonds is 6. The first-order valence-corrected chi connectivity index (χ1v) is 5.97. The summed E-state index contributed by atoms with van der Waals surface area (Å²) in [6.45, 7) is 6.65. The van der Waals surface area contributed by atoms with Gasteiger partial charge in [-0.3, -0.25) is 9.78 Å². The molecule has 1 aromatic rings. The SMILES string of the molecule is CCOC(=O)C(CC)c1cncc(OCC)c1. The van der Waals surface area contributed by atoms with E-state index in [9.17, 15) is 4.79 Å². The van der Waals surface area contributed by atoms with Crippen molar-refractivity contribution in [2.45, 2.75) is 33.1 Å². The maximum atomic E-state index is 11.8. The van der Waals surface area contributed by atoms with Gasteiger partial charge in [0, 0.05) is 6.20 Å². The molecule has 0 radical (unpaired) electrons. The minimum Gasteiger partial charge on any atom is -0.492 e. The van der Waals surface area contributed by atoms with Crippen LogP contribution in [0.4, 0.5) is 0 Å². The zero-order valence-electron chi connectivity index (χ0n) is 10.6. The van der Waals surface area contributed by atoms with Crippen molar-refractivity contribution in [2.24, 2.45) is 0 Å².